The van der Waals surface area contributed by atoms with Crippen molar-refractivity contribution in [2.24, 2.45) is 20.8 Å². The van der Waals surface area contributed by atoms with Gasteiger partial charge in [0, 0.05) is 45.8 Å². The van der Waals surface area contributed by atoms with Gasteiger partial charge in [0.25, 0.3) is 0 Å². The van der Waals surface area contributed by atoms with Crippen LogP contribution in [0.15, 0.2) is 101 Å². The van der Waals surface area contributed by atoms with E-state index in [-0.39, 0.29) is 16.6 Å². The quantitative estimate of drug-likeness (QED) is 0.197. The van der Waals surface area contributed by atoms with E-state index in [0.29, 0.717) is 11.6 Å². The number of aromatic hydroxyl groups is 1. The monoisotopic (exact) mass is 656 g/mol. The van der Waals surface area contributed by atoms with Gasteiger partial charge in [0.1, 0.15) is 26.8 Å². The number of phenolic OH excluding ortho intramolecular Hbond substituents is 1. The maximum absolute atomic E-state index is 12.3. The fourth-order valence-corrected chi connectivity index (χ4v) is 7.67. The SMILES string of the molecule is CC(C)(C)C1(c2cccc(C3(C(C)(C)C)C=C(c4nc(-c5ccccc5)ns4)C=N3)c2O)C=C(c2nc(-c3ccccc3)ns2)C=N1. The van der Waals surface area contributed by atoms with Crippen molar-refractivity contribution >= 4 is 46.6 Å². The first kappa shape index (κ1) is 31.0. The number of rotatable bonds is 6. The summed E-state index contributed by atoms with van der Waals surface area (Å²) in [6.45, 7) is 12.9. The molecule has 2 aromatic heterocycles. The molecule has 0 amide bonds. The van der Waals surface area contributed by atoms with Crippen LogP contribution in [0, 0.1) is 10.8 Å². The van der Waals surface area contributed by atoms with Gasteiger partial charge in [-0.05, 0) is 46.0 Å². The van der Waals surface area contributed by atoms with Crippen molar-refractivity contribution in [3.63, 3.8) is 0 Å². The minimum atomic E-state index is -0.848. The second kappa shape index (κ2) is 11.3. The Morgan fingerprint density at radius 2 is 0.957 bits per heavy atom. The summed E-state index contributed by atoms with van der Waals surface area (Å²) in [7, 11) is 0. The van der Waals surface area contributed by atoms with Crippen LogP contribution >= 0.6 is 23.1 Å². The summed E-state index contributed by atoms with van der Waals surface area (Å²) in [5.41, 5.74) is 2.71. The molecule has 0 fully saturated rings. The Balaban J connectivity index is 1.31. The standard InChI is InChI=1S/C38H36N6OS2/c1-35(2,3)37(20-26(22-39-37)33-41-31(43-46-33)24-14-9-7-10-15-24)28-18-13-19-29(30(28)45)38(36(4,5)6)21-27(23-40-38)34-42-32(44-47-34)25-16-11-8-12-17-25/h7-23,45H,1-6H3. The number of aliphatic imine (C=N–C) groups is 2. The Hall–Kier alpha value is -4.60. The number of hydrogen-bond acceptors (Lipinski definition) is 9. The molecule has 3 aromatic carbocycles. The average Bonchev–Trinajstić information content (AvgIpc) is 3.87. The molecular weight excluding hydrogens is 621 g/mol. The first-order valence-electron chi connectivity index (χ1n) is 15.6. The van der Waals surface area contributed by atoms with Gasteiger partial charge in [-0.1, -0.05) is 120 Å². The van der Waals surface area contributed by atoms with E-state index in [1.807, 2.05) is 91.3 Å². The van der Waals surface area contributed by atoms with Crippen LogP contribution < -0.4 is 0 Å². The maximum Gasteiger partial charge on any atom is 0.173 e. The molecule has 7 rings (SSSR count). The van der Waals surface area contributed by atoms with Gasteiger partial charge >= 0.3 is 0 Å². The van der Waals surface area contributed by atoms with Gasteiger partial charge in [0.15, 0.2) is 11.6 Å². The highest BCUT2D eigenvalue weighted by Crippen LogP contribution is 2.56. The molecule has 2 unspecified atom stereocenters. The van der Waals surface area contributed by atoms with E-state index in [1.165, 1.54) is 23.1 Å². The average molecular weight is 657 g/mol. The molecule has 0 spiro atoms. The Morgan fingerprint density at radius 1 is 0.553 bits per heavy atom. The van der Waals surface area contributed by atoms with E-state index in [9.17, 15) is 5.11 Å². The highest BCUT2D eigenvalue weighted by molar-refractivity contribution is 7.07. The van der Waals surface area contributed by atoms with Gasteiger partial charge in [0.2, 0.25) is 0 Å². The van der Waals surface area contributed by atoms with E-state index in [2.05, 4.69) is 62.4 Å². The first-order valence-corrected chi connectivity index (χ1v) is 17.1. The minimum absolute atomic E-state index is 0.186. The van der Waals surface area contributed by atoms with E-state index in [0.717, 1.165) is 43.4 Å². The molecule has 1 N–H and O–H groups in total. The lowest BCUT2D eigenvalue weighted by atomic mass is 9.66. The van der Waals surface area contributed by atoms with Gasteiger partial charge in [-0.15, -0.1) is 0 Å². The van der Waals surface area contributed by atoms with Crippen molar-refractivity contribution in [2.75, 3.05) is 0 Å². The Morgan fingerprint density at radius 3 is 1.34 bits per heavy atom. The molecule has 2 aliphatic heterocycles. The van der Waals surface area contributed by atoms with Crippen molar-refractivity contribution < 1.29 is 5.11 Å². The van der Waals surface area contributed by atoms with Crippen LogP contribution in [-0.2, 0) is 11.1 Å². The fourth-order valence-electron chi connectivity index (χ4n) is 6.35. The maximum atomic E-state index is 12.3. The molecule has 0 aliphatic carbocycles. The second-order valence-electron chi connectivity index (χ2n) is 14.0. The molecule has 5 aromatic rings. The van der Waals surface area contributed by atoms with Crippen molar-refractivity contribution in [2.45, 2.75) is 52.6 Å². The highest BCUT2D eigenvalue weighted by Gasteiger charge is 2.50. The topological polar surface area (TPSA) is 96.5 Å². The predicted octanol–water partition coefficient (Wildman–Crippen LogP) is 9.25. The number of allylic oxidation sites excluding steroid dienone is 2. The van der Waals surface area contributed by atoms with Crippen LogP contribution in [0.1, 0.15) is 62.7 Å². The van der Waals surface area contributed by atoms with Crippen LogP contribution in [0.25, 0.3) is 33.9 Å². The molecule has 9 heteroatoms. The minimum Gasteiger partial charge on any atom is -0.507 e. The third-order valence-electron chi connectivity index (χ3n) is 9.10. The molecular formula is C38H36N6OS2. The largest absolute Gasteiger partial charge is 0.507 e. The molecule has 0 saturated heterocycles. The van der Waals surface area contributed by atoms with E-state index in [1.54, 1.807) is 0 Å². The van der Waals surface area contributed by atoms with Gasteiger partial charge in [-0.25, -0.2) is 9.97 Å². The lowest BCUT2D eigenvalue weighted by Gasteiger charge is -2.42. The van der Waals surface area contributed by atoms with E-state index >= 15 is 0 Å². The number of phenols is 1. The van der Waals surface area contributed by atoms with Crippen molar-refractivity contribution in [3.05, 3.63) is 112 Å². The molecule has 0 bridgehead atoms. The first-order chi connectivity index (χ1) is 22.4. The van der Waals surface area contributed by atoms with Crippen LogP contribution in [0.2, 0.25) is 0 Å². The van der Waals surface area contributed by atoms with Gasteiger partial charge in [-0.2, -0.15) is 8.75 Å². The predicted molar refractivity (Wildman–Crippen MR) is 194 cm³/mol. The lowest BCUT2D eigenvalue weighted by Crippen LogP contribution is -2.38. The normalized spacial score (nSPS) is 20.9. The molecule has 236 valence electrons. The summed E-state index contributed by atoms with van der Waals surface area (Å²) in [6.07, 6.45) is 8.02. The molecule has 2 atom stereocenters. The molecule has 2 aliphatic rings. The van der Waals surface area contributed by atoms with Crippen molar-refractivity contribution in [3.8, 4) is 28.5 Å². The van der Waals surface area contributed by atoms with Gasteiger partial charge in [0.05, 0.1) is 0 Å². The number of nitrogens with zero attached hydrogens (tertiary/aromatic N) is 6. The second-order valence-corrected chi connectivity index (χ2v) is 15.5. The third-order valence-corrected chi connectivity index (χ3v) is 10.6. The third kappa shape index (κ3) is 5.18. The number of benzene rings is 3. The smallest absolute Gasteiger partial charge is 0.173 e. The zero-order valence-electron chi connectivity index (χ0n) is 27.3. The number of hydrogen-bond donors (Lipinski definition) is 1. The van der Waals surface area contributed by atoms with E-state index < -0.39 is 11.1 Å². The molecule has 4 heterocycles. The van der Waals surface area contributed by atoms with Crippen LogP contribution in [-0.4, -0.2) is 36.3 Å². The van der Waals surface area contributed by atoms with Gasteiger partial charge < -0.3 is 5.11 Å². The van der Waals surface area contributed by atoms with Crippen LogP contribution in [0.4, 0.5) is 0 Å². The highest BCUT2D eigenvalue weighted by atomic mass is 32.1. The Labute approximate surface area is 283 Å². The van der Waals surface area contributed by atoms with Gasteiger partial charge in [-0.3, -0.25) is 9.98 Å². The summed E-state index contributed by atoms with van der Waals surface area (Å²) in [4.78, 5) is 20.0. The molecule has 47 heavy (non-hydrogen) atoms. The molecule has 7 nitrogen and oxygen atoms in total. The zero-order chi connectivity index (χ0) is 33.0. The number of para-hydroxylation sites is 1. The Kier molecular flexibility index (Phi) is 7.44. The van der Waals surface area contributed by atoms with E-state index in [4.69, 9.17) is 20.0 Å². The fraction of sp³-hybridized carbons (Fsp3) is 0.263. The summed E-state index contributed by atoms with van der Waals surface area (Å²) < 4.78 is 9.26. The van der Waals surface area contributed by atoms with Crippen molar-refractivity contribution in [1.82, 2.24) is 18.7 Å². The summed E-state index contributed by atoms with van der Waals surface area (Å²) in [5.74, 6) is 1.57. The van der Waals surface area contributed by atoms with Crippen LogP contribution in [0.5, 0.6) is 5.75 Å². The summed E-state index contributed by atoms with van der Waals surface area (Å²) in [6, 6.07) is 25.9. The van der Waals surface area contributed by atoms with Crippen LogP contribution in [0.3, 0.4) is 0 Å². The zero-order valence-corrected chi connectivity index (χ0v) is 28.9. The number of aromatic nitrogens is 4. The molecule has 0 radical (unpaired) electrons. The Bertz CT molecular complexity index is 1930. The molecule has 0 saturated carbocycles. The van der Waals surface area contributed by atoms with Crippen molar-refractivity contribution in [1.29, 1.82) is 0 Å². The summed E-state index contributed by atoms with van der Waals surface area (Å²) >= 11 is 2.71. The lowest BCUT2D eigenvalue weighted by molar-refractivity contribution is 0.231. The summed E-state index contributed by atoms with van der Waals surface area (Å²) in [5, 5.41) is 13.9.